The Morgan fingerprint density at radius 1 is 0.950 bits per heavy atom. The third-order valence-electron chi connectivity index (χ3n) is 3.17. The fraction of sp³-hybridized carbons (Fsp3) is 0.250. The van der Waals surface area contributed by atoms with Gasteiger partial charge in [-0.25, -0.2) is 0 Å². The van der Waals surface area contributed by atoms with Gasteiger partial charge in [0.15, 0.2) is 0 Å². The van der Waals surface area contributed by atoms with Crippen LogP contribution in [-0.2, 0) is 13.0 Å². The Balaban J connectivity index is 1.97. The van der Waals surface area contributed by atoms with Crippen LogP contribution < -0.4 is 5.32 Å². The van der Waals surface area contributed by atoms with Crippen LogP contribution in [0.1, 0.15) is 11.1 Å². The first-order valence-electron chi connectivity index (χ1n) is 6.51. The Hall–Kier alpha value is -1.06. The van der Waals surface area contributed by atoms with E-state index in [9.17, 15) is 5.11 Å². The molecule has 4 heteroatoms. The van der Waals surface area contributed by atoms with E-state index in [0.29, 0.717) is 16.6 Å². The van der Waals surface area contributed by atoms with Gasteiger partial charge in [-0.1, -0.05) is 59.6 Å². The normalized spacial score (nSPS) is 12.3. The Bertz CT molecular complexity index is 525. The first kappa shape index (κ1) is 15.3. The predicted molar refractivity (Wildman–Crippen MR) is 84.3 cm³/mol. The number of rotatable bonds is 6. The summed E-state index contributed by atoms with van der Waals surface area (Å²) in [5.74, 6) is 0. The molecule has 2 aromatic carbocycles. The molecule has 2 nitrogen and oxygen atoms in total. The molecular weight excluding hydrogens is 293 g/mol. The van der Waals surface area contributed by atoms with Gasteiger partial charge >= 0.3 is 0 Å². The molecule has 0 saturated carbocycles. The molecule has 0 unspecified atom stereocenters. The van der Waals surface area contributed by atoms with E-state index >= 15 is 0 Å². The molecular formula is C16H17Cl2NO. The lowest BCUT2D eigenvalue weighted by Gasteiger charge is -2.17. The summed E-state index contributed by atoms with van der Waals surface area (Å²) in [6.45, 7) is 0.605. The van der Waals surface area contributed by atoms with Gasteiger partial charge in [-0.05, 0) is 24.1 Å². The molecule has 2 N–H and O–H groups in total. The molecule has 20 heavy (non-hydrogen) atoms. The number of hydrogen-bond donors (Lipinski definition) is 2. The zero-order chi connectivity index (χ0) is 14.4. The summed E-state index contributed by atoms with van der Waals surface area (Å²) >= 11 is 12.3. The monoisotopic (exact) mass is 309 g/mol. The van der Waals surface area contributed by atoms with Crippen LogP contribution >= 0.6 is 23.2 Å². The molecule has 0 fully saturated rings. The van der Waals surface area contributed by atoms with Crippen LogP contribution in [0.4, 0.5) is 0 Å². The highest BCUT2D eigenvalue weighted by atomic mass is 35.5. The maximum Gasteiger partial charge on any atom is 0.0587 e. The van der Waals surface area contributed by atoms with Crippen LogP contribution in [0.25, 0.3) is 0 Å². The smallest absolute Gasteiger partial charge is 0.0587 e. The summed E-state index contributed by atoms with van der Waals surface area (Å²) in [5.41, 5.74) is 2.05. The quantitative estimate of drug-likeness (QED) is 0.853. The summed E-state index contributed by atoms with van der Waals surface area (Å²) in [5, 5.41) is 14.1. The number of nitrogens with one attached hydrogen (secondary N) is 1. The molecule has 0 radical (unpaired) electrons. The lowest BCUT2D eigenvalue weighted by Crippen LogP contribution is -2.34. The topological polar surface area (TPSA) is 32.3 Å². The molecule has 106 valence electrons. The number of aliphatic hydroxyl groups excluding tert-OH is 1. The van der Waals surface area contributed by atoms with Crippen LogP contribution in [-0.4, -0.2) is 17.8 Å². The number of hydrogen-bond acceptors (Lipinski definition) is 2. The van der Waals surface area contributed by atoms with E-state index in [-0.39, 0.29) is 12.6 Å². The summed E-state index contributed by atoms with van der Waals surface area (Å²) < 4.78 is 0. The molecule has 0 aromatic heterocycles. The van der Waals surface area contributed by atoms with Crippen LogP contribution in [0.3, 0.4) is 0 Å². The maximum atomic E-state index is 9.48. The summed E-state index contributed by atoms with van der Waals surface area (Å²) in [6, 6.07) is 15.5. The van der Waals surface area contributed by atoms with Crippen molar-refractivity contribution >= 4 is 23.2 Å². The van der Waals surface area contributed by atoms with E-state index in [1.165, 1.54) is 5.56 Å². The maximum absolute atomic E-state index is 9.48. The minimum atomic E-state index is -0.0234. The Labute approximate surface area is 129 Å². The lowest BCUT2D eigenvalue weighted by atomic mass is 10.1. The minimum Gasteiger partial charge on any atom is -0.395 e. The van der Waals surface area contributed by atoms with Gasteiger partial charge in [-0.15, -0.1) is 0 Å². The molecule has 0 aliphatic carbocycles. The average molecular weight is 310 g/mol. The van der Waals surface area contributed by atoms with Crippen molar-refractivity contribution in [1.29, 1.82) is 0 Å². The number of aliphatic hydroxyl groups is 1. The fourth-order valence-electron chi connectivity index (χ4n) is 2.05. The van der Waals surface area contributed by atoms with Crippen molar-refractivity contribution in [1.82, 2.24) is 5.32 Å². The SMILES string of the molecule is OC[C@H](Cc1ccccc1)NCc1c(Cl)cccc1Cl. The van der Waals surface area contributed by atoms with Crippen molar-refractivity contribution in [2.24, 2.45) is 0 Å². The van der Waals surface area contributed by atoms with E-state index in [4.69, 9.17) is 23.2 Å². The molecule has 0 aliphatic rings. The zero-order valence-corrected chi connectivity index (χ0v) is 12.5. The van der Waals surface area contributed by atoms with Gasteiger partial charge in [-0.2, -0.15) is 0 Å². The molecule has 0 aliphatic heterocycles. The van der Waals surface area contributed by atoms with Crippen molar-refractivity contribution in [3.8, 4) is 0 Å². The molecule has 0 amide bonds. The van der Waals surface area contributed by atoms with Crippen molar-refractivity contribution in [3.63, 3.8) is 0 Å². The third-order valence-corrected chi connectivity index (χ3v) is 3.88. The van der Waals surface area contributed by atoms with E-state index in [0.717, 1.165) is 12.0 Å². The van der Waals surface area contributed by atoms with E-state index < -0.39 is 0 Å². The van der Waals surface area contributed by atoms with Crippen molar-refractivity contribution in [3.05, 3.63) is 69.7 Å². The second-order valence-electron chi connectivity index (χ2n) is 4.65. The Morgan fingerprint density at radius 3 is 2.20 bits per heavy atom. The van der Waals surface area contributed by atoms with Crippen LogP contribution in [0, 0.1) is 0 Å². The highest BCUT2D eigenvalue weighted by Gasteiger charge is 2.11. The Morgan fingerprint density at radius 2 is 1.60 bits per heavy atom. The minimum absolute atomic E-state index is 0.0234. The average Bonchev–Trinajstić information content (AvgIpc) is 2.46. The molecule has 2 aromatic rings. The zero-order valence-electron chi connectivity index (χ0n) is 11.0. The number of halogens is 2. The summed E-state index contributed by atoms with van der Waals surface area (Å²) in [7, 11) is 0. The Kier molecular flexibility index (Phi) is 5.86. The van der Waals surface area contributed by atoms with Crippen LogP contribution in [0.15, 0.2) is 48.5 Å². The van der Waals surface area contributed by atoms with Gasteiger partial charge in [0.2, 0.25) is 0 Å². The van der Waals surface area contributed by atoms with E-state index in [1.54, 1.807) is 0 Å². The van der Waals surface area contributed by atoms with E-state index in [2.05, 4.69) is 5.32 Å². The molecule has 1 atom stereocenters. The standard InChI is InChI=1S/C16H17Cl2NO/c17-15-7-4-8-16(18)14(15)10-19-13(11-20)9-12-5-2-1-3-6-12/h1-8,13,19-20H,9-11H2/t13-/m0/s1. The molecule has 2 rings (SSSR count). The molecule has 0 saturated heterocycles. The van der Waals surface area contributed by atoms with Crippen LogP contribution in [0.5, 0.6) is 0 Å². The first-order valence-corrected chi connectivity index (χ1v) is 7.27. The largest absolute Gasteiger partial charge is 0.395 e. The van der Waals surface area contributed by atoms with Gasteiger partial charge in [0.1, 0.15) is 0 Å². The second kappa shape index (κ2) is 7.65. The second-order valence-corrected chi connectivity index (χ2v) is 5.46. The lowest BCUT2D eigenvalue weighted by molar-refractivity contribution is 0.241. The van der Waals surface area contributed by atoms with Crippen molar-refractivity contribution in [2.45, 2.75) is 19.0 Å². The predicted octanol–water partition coefficient (Wildman–Crippen LogP) is 3.69. The van der Waals surface area contributed by atoms with Crippen molar-refractivity contribution in [2.75, 3.05) is 6.61 Å². The summed E-state index contributed by atoms with van der Waals surface area (Å²) in [6.07, 6.45) is 0.763. The first-order chi connectivity index (χ1) is 9.70. The van der Waals surface area contributed by atoms with Gasteiger partial charge in [0.25, 0.3) is 0 Å². The van der Waals surface area contributed by atoms with Crippen molar-refractivity contribution < 1.29 is 5.11 Å². The number of benzene rings is 2. The highest BCUT2D eigenvalue weighted by molar-refractivity contribution is 6.35. The fourth-order valence-corrected chi connectivity index (χ4v) is 2.58. The molecule has 0 bridgehead atoms. The third kappa shape index (κ3) is 4.22. The van der Waals surface area contributed by atoms with Crippen LogP contribution in [0.2, 0.25) is 10.0 Å². The highest BCUT2D eigenvalue weighted by Crippen LogP contribution is 2.24. The summed E-state index contributed by atoms with van der Waals surface area (Å²) in [4.78, 5) is 0. The molecule has 0 spiro atoms. The van der Waals surface area contributed by atoms with E-state index in [1.807, 2.05) is 48.5 Å². The molecule has 0 heterocycles. The van der Waals surface area contributed by atoms with Gasteiger partial charge in [-0.3, -0.25) is 0 Å². The van der Waals surface area contributed by atoms with Gasteiger partial charge in [0.05, 0.1) is 6.61 Å². The van der Waals surface area contributed by atoms with Gasteiger partial charge < -0.3 is 10.4 Å². The van der Waals surface area contributed by atoms with Gasteiger partial charge in [0, 0.05) is 28.2 Å².